The van der Waals surface area contributed by atoms with Crippen molar-refractivity contribution in [2.24, 2.45) is 0 Å². The van der Waals surface area contributed by atoms with Gasteiger partial charge < -0.3 is 20.1 Å². The molecule has 0 aliphatic heterocycles. The molecule has 2 atom stereocenters. The first-order valence-electron chi connectivity index (χ1n) is 18.7. The molecule has 4 N–H and O–H groups in total. The molecule has 7 aromatic rings. The van der Waals surface area contributed by atoms with Crippen molar-refractivity contribution in [3.63, 3.8) is 0 Å². The van der Waals surface area contributed by atoms with Gasteiger partial charge in [0, 0.05) is 38.3 Å². The van der Waals surface area contributed by atoms with E-state index in [-0.39, 0.29) is 12.1 Å². The van der Waals surface area contributed by atoms with Crippen molar-refractivity contribution < 1.29 is 20.1 Å². The van der Waals surface area contributed by atoms with E-state index in [0.29, 0.717) is 37.1 Å². The zero-order valence-electron chi connectivity index (χ0n) is 30.8. The minimum atomic E-state index is -1.56. The molecule has 0 heterocycles. The first-order valence-corrected chi connectivity index (χ1v) is 18.7. The van der Waals surface area contributed by atoms with E-state index in [1.54, 1.807) is 12.1 Å². The molecule has 0 aromatic heterocycles. The minimum Gasteiger partial charge on any atom is -0.423 e. The molecule has 0 amide bonds. The molecule has 8 heteroatoms. The summed E-state index contributed by atoms with van der Waals surface area (Å²) in [5, 5.41) is 45.9. The number of benzene rings is 7. The molecule has 0 fully saturated rings. The van der Waals surface area contributed by atoms with Gasteiger partial charge in [-0.3, -0.25) is 9.80 Å². The summed E-state index contributed by atoms with van der Waals surface area (Å²) >= 11 is 0. The number of rotatable bonds is 14. The lowest BCUT2D eigenvalue weighted by molar-refractivity contribution is 0.193. The minimum absolute atomic E-state index is 0.0245. The predicted molar refractivity (Wildman–Crippen MR) is 222 cm³/mol. The van der Waals surface area contributed by atoms with Crippen molar-refractivity contribution in [3.8, 4) is 0 Å². The highest BCUT2D eigenvalue weighted by Gasteiger charge is 2.26. The second-order valence-corrected chi connectivity index (χ2v) is 14.2. The monoisotopic (exact) mass is 712 g/mol. The van der Waals surface area contributed by atoms with Crippen LogP contribution in [0.15, 0.2) is 158 Å². The molecule has 7 aromatic carbocycles. The number of hydrogen-bond acceptors (Lipinski definition) is 6. The number of fused-ring (bicyclic) bond motifs is 2. The molecule has 7 rings (SSSR count). The standard InChI is InChI=1S/C46H46B2N2O4/c1-33(35-17-5-3-6-18-35)49(29-37-21-9-15-27-45(37)47(51)52)31-43-39-23-11-13-25-41(39)44(42-26-14-12-24-40(42)43)32-50(34(2)36-19-7-4-8-20-36)30-38-22-10-16-28-46(38)48(53)54/h3-28,33-34,51-54H,29-32H2,1-2H3/t33-,34-/m1/s1. The molecule has 0 bridgehead atoms. The molecule has 54 heavy (non-hydrogen) atoms. The largest absolute Gasteiger partial charge is 0.488 e. The third-order valence-electron chi connectivity index (χ3n) is 10.9. The van der Waals surface area contributed by atoms with Crippen molar-refractivity contribution >= 4 is 46.7 Å². The average Bonchev–Trinajstić information content (AvgIpc) is 3.21. The molecular weight excluding hydrogens is 666 g/mol. The van der Waals surface area contributed by atoms with Gasteiger partial charge in [-0.1, -0.05) is 158 Å². The van der Waals surface area contributed by atoms with Gasteiger partial charge in [0.1, 0.15) is 0 Å². The van der Waals surface area contributed by atoms with Crippen LogP contribution in [-0.4, -0.2) is 44.1 Å². The van der Waals surface area contributed by atoms with Gasteiger partial charge >= 0.3 is 14.2 Å². The van der Waals surface area contributed by atoms with Crippen LogP contribution in [0, 0.1) is 0 Å². The Bertz CT molecular complexity index is 2100. The summed E-state index contributed by atoms with van der Waals surface area (Å²) in [5.41, 5.74) is 7.56. The SMILES string of the molecule is C[C@H](c1ccccc1)N(Cc1ccccc1B(O)O)Cc1c2ccccc2c(CN(Cc2ccccc2B(O)O)[C@H](C)c2ccccc2)c2ccccc12. The maximum absolute atomic E-state index is 10.3. The normalized spacial score (nSPS) is 12.7. The Kier molecular flexibility index (Phi) is 11.7. The molecule has 0 unspecified atom stereocenters. The van der Waals surface area contributed by atoms with Gasteiger partial charge in [0.15, 0.2) is 0 Å². The molecule has 0 aliphatic rings. The lowest BCUT2D eigenvalue weighted by atomic mass is 9.77. The average molecular weight is 713 g/mol. The van der Waals surface area contributed by atoms with Gasteiger partial charge in [-0.2, -0.15) is 0 Å². The van der Waals surface area contributed by atoms with Crippen LogP contribution in [0.5, 0.6) is 0 Å². The quantitative estimate of drug-likeness (QED) is 0.0727. The van der Waals surface area contributed by atoms with Crippen LogP contribution < -0.4 is 10.9 Å². The highest BCUT2D eigenvalue weighted by atomic mass is 16.4. The van der Waals surface area contributed by atoms with Crippen LogP contribution in [0.4, 0.5) is 0 Å². The van der Waals surface area contributed by atoms with Crippen LogP contribution in [0.3, 0.4) is 0 Å². The smallest absolute Gasteiger partial charge is 0.423 e. The van der Waals surface area contributed by atoms with Crippen molar-refractivity contribution in [1.29, 1.82) is 0 Å². The fraction of sp³-hybridized carbons (Fsp3) is 0.174. The maximum Gasteiger partial charge on any atom is 0.488 e. The van der Waals surface area contributed by atoms with Gasteiger partial charge in [0.2, 0.25) is 0 Å². The molecule has 0 spiro atoms. The van der Waals surface area contributed by atoms with E-state index < -0.39 is 14.2 Å². The van der Waals surface area contributed by atoms with E-state index in [2.05, 4.69) is 121 Å². The lowest BCUT2D eigenvalue weighted by Crippen LogP contribution is -2.36. The van der Waals surface area contributed by atoms with E-state index in [9.17, 15) is 20.1 Å². The maximum atomic E-state index is 10.3. The van der Waals surface area contributed by atoms with Crippen molar-refractivity contribution in [2.45, 2.75) is 52.1 Å². The summed E-state index contributed by atoms with van der Waals surface area (Å²) < 4.78 is 0. The molecular formula is C46H46B2N2O4. The molecule has 0 saturated carbocycles. The summed E-state index contributed by atoms with van der Waals surface area (Å²) in [4.78, 5) is 4.84. The van der Waals surface area contributed by atoms with Gasteiger partial charge in [0.05, 0.1) is 0 Å². The first-order chi connectivity index (χ1) is 26.3. The van der Waals surface area contributed by atoms with E-state index in [0.717, 1.165) is 11.1 Å². The molecule has 0 saturated heterocycles. The summed E-state index contributed by atoms with van der Waals surface area (Å²) in [6.45, 7) is 6.73. The van der Waals surface area contributed by atoms with Crippen LogP contribution in [0.25, 0.3) is 21.5 Å². The molecule has 6 nitrogen and oxygen atoms in total. The first kappa shape index (κ1) is 37.3. The summed E-state index contributed by atoms with van der Waals surface area (Å²) in [6, 6.07) is 53.4. The Balaban J connectivity index is 1.36. The van der Waals surface area contributed by atoms with Crippen LogP contribution in [-0.2, 0) is 26.2 Å². The Labute approximate surface area is 318 Å². The summed E-state index contributed by atoms with van der Waals surface area (Å²) in [5.74, 6) is 0. The molecule has 0 aliphatic carbocycles. The molecule has 270 valence electrons. The van der Waals surface area contributed by atoms with Gasteiger partial charge in [-0.15, -0.1) is 0 Å². The highest BCUT2D eigenvalue weighted by molar-refractivity contribution is 6.59. The van der Waals surface area contributed by atoms with Crippen molar-refractivity contribution in [2.75, 3.05) is 0 Å². The van der Waals surface area contributed by atoms with Gasteiger partial charge in [-0.05, 0) is 79.7 Å². The van der Waals surface area contributed by atoms with E-state index >= 15 is 0 Å². The third-order valence-corrected chi connectivity index (χ3v) is 10.9. The zero-order chi connectivity index (χ0) is 37.6. The predicted octanol–water partition coefficient (Wildman–Crippen LogP) is 6.88. The van der Waals surface area contributed by atoms with Gasteiger partial charge in [0.25, 0.3) is 0 Å². The van der Waals surface area contributed by atoms with Crippen LogP contribution in [0.2, 0.25) is 0 Å². The third kappa shape index (κ3) is 8.05. The fourth-order valence-corrected chi connectivity index (χ4v) is 7.90. The second kappa shape index (κ2) is 17.0. The Hall–Kier alpha value is -5.05. The van der Waals surface area contributed by atoms with Gasteiger partial charge in [-0.25, -0.2) is 0 Å². The summed E-state index contributed by atoms with van der Waals surface area (Å²) in [7, 11) is -3.13. The van der Waals surface area contributed by atoms with Crippen molar-refractivity contribution in [1.82, 2.24) is 9.80 Å². The highest BCUT2D eigenvalue weighted by Crippen LogP contribution is 2.38. The molecule has 0 radical (unpaired) electrons. The lowest BCUT2D eigenvalue weighted by Gasteiger charge is -2.33. The fourth-order valence-electron chi connectivity index (χ4n) is 7.90. The van der Waals surface area contributed by atoms with Crippen LogP contribution in [0.1, 0.15) is 59.3 Å². The Morgan fingerprint density at radius 3 is 1.02 bits per heavy atom. The van der Waals surface area contributed by atoms with Crippen molar-refractivity contribution in [3.05, 3.63) is 191 Å². The topological polar surface area (TPSA) is 87.4 Å². The Morgan fingerprint density at radius 2 is 0.685 bits per heavy atom. The Morgan fingerprint density at radius 1 is 0.389 bits per heavy atom. The van der Waals surface area contributed by atoms with E-state index in [1.807, 2.05) is 48.5 Å². The number of hydrogen-bond donors (Lipinski definition) is 4. The zero-order valence-corrected chi connectivity index (χ0v) is 30.8. The van der Waals surface area contributed by atoms with E-state index in [1.165, 1.54) is 43.8 Å². The second-order valence-electron chi connectivity index (χ2n) is 14.2. The van der Waals surface area contributed by atoms with E-state index in [4.69, 9.17) is 0 Å². The van der Waals surface area contributed by atoms with Crippen LogP contribution >= 0.6 is 0 Å². The summed E-state index contributed by atoms with van der Waals surface area (Å²) in [6.07, 6.45) is 0. The number of nitrogens with zero attached hydrogens (tertiary/aromatic N) is 2.